The summed E-state index contributed by atoms with van der Waals surface area (Å²) in [5, 5.41) is 3.16. The van der Waals surface area contributed by atoms with Crippen molar-refractivity contribution in [2.24, 2.45) is 11.8 Å². The molecule has 0 saturated heterocycles. The van der Waals surface area contributed by atoms with Crippen molar-refractivity contribution in [3.8, 4) is 0 Å². The molecule has 1 aliphatic carbocycles. The van der Waals surface area contributed by atoms with Gasteiger partial charge in [0, 0.05) is 11.6 Å². The molecule has 0 radical (unpaired) electrons. The third-order valence-electron chi connectivity index (χ3n) is 5.00. The van der Waals surface area contributed by atoms with Crippen molar-refractivity contribution >= 4 is 0 Å². The molecule has 118 valence electrons. The van der Waals surface area contributed by atoms with Gasteiger partial charge in [0.2, 0.25) is 0 Å². The van der Waals surface area contributed by atoms with Crippen LogP contribution in [0, 0.1) is 30.4 Å². The Labute approximate surface area is 127 Å². The van der Waals surface area contributed by atoms with E-state index in [0.717, 1.165) is 18.8 Å². The second kappa shape index (κ2) is 7.35. The van der Waals surface area contributed by atoms with Crippen molar-refractivity contribution in [1.82, 2.24) is 5.32 Å². The van der Waals surface area contributed by atoms with Crippen LogP contribution in [0.4, 0.5) is 8.78 Å². The molecule has 3 heteroatoms. The summed E-state index contributed by atoms with van der Waals surface area (Å²) in [5.41, 5.74) is 0.753. The minimum atomic E-state index is -0.423. The Kier molecular flexibility index (Phi) is 5.74. The predicted molar refractivity (Wildman–Crippen MR) is 83.3 cm³/mol. The first-order chi connectivity index (χ1) is 10.1. The summed E-state index contributed by atoms with van der Waals surface area (Å²) in [4.78, 5) is 0. The maximum Gasteiger partial charge on any atom is 0.133 e. The van der Waals surface area contributed by atoms with Gasteiger partial charge in [0.05, 0.1) is 0 Å². The highest BCUT2D eigenvalue weighted by Gasteiger charge is 2.31. The fourth-order valence-electron chi connectivity index (χ4n) is 3.80. The number of aryl methyl sites for hydroxylation is 1. The van der Waals surface area contributed by atoms with Gasteiger partial charge < -0.3 is 5.32 Å². The second-order valence-corrected chi connectivity index (χ2v) is 6.43. The van der Waals surface area contributed by atoms with Gasteiger partial charge >= 0.3 is 0 Å². The Balaban J connectivity index is 2.16. The van der Waals surface area contributed by atoms with Gasteiger partial charge in [-0.2, -0.15) is 0 Å². The number of halogens is 2. The molecule has 1 aromatic carbocycles. The van der Waals surface area contributed by atoms with Crippen LogP contribution in [-0.2, 0) is 0 Å². The van der Waals surface area contributed by atoms with Gasteiger partial charge in [-0.15, -0.1) is 0 Å². The number of hydrogen-bond acceptors (Lipinski definition) is 1. The standard InChI is InChI=1S/C18H27F2N/c1-4-5-13-7-9-14(10-8-13)18(21-3)16-15(19)11-6-12(2)17(16)20/h6,11,13-14,18,21H,4-5,7-10H2,1-3H3. The van der Waals surface area contributed by atoms with Crippen molar-refractivity contribution in [3.05, 3.63) is 34.9 Å². The van der Waals surface area contributed by atoms with Crippen LogP contribution in [0.2, 0.25) is 0 Å². The van der Waals surface area contributed by atoms with Crippen molar-refractivity contribution in [2.45, 2.75) is 58.4 Å². The van der Waals surface area contributed by atoms with E-state index in [2.05, 4.69) is 12.2 Å². The lowest BCUT2D eigenvalue weighted by Crippen LogP contribution is -2.30. The summed E-state index contributed by atoms with van der Waals surface area (Å²) >= 11 is 0. The lowest BCUT2D eigenvalue weighted by Gasteiger charge is -2.34. The molecule has 1 unspecified atom stereocenters. The summed E-state index contributed by atoms with van der Waals surface area (Å²) in [7, 11) is 1.81. The van der Waals surface area contributed by atoms with Gasteiger partial charge in [0.15, 0.2) is 0 Å². The summed E-state index contributed by atoms with van der Waals surface area (Å²) in [6.45, 7) is 3.92. The Morgan fingerprint density at radius 3 is 2.43 bits per heavy atom. The van der Waals surface area contributed by atoms with E-state index in [1.807, 2.05) is 7.05 Å². The minimum absolute atomic E-state index is 0.215. The third-order valence-corrected chi connectivity index (χ3v) is 5.00. The summed E-state index contributed by atoms with van der Waals surface area (Å²) in [6, 6.07) is 2.69. The molecular weight excluding hydrogens is 268 g/mol. The van der Waals surface area contributed by atoms with Crippen LogP contribution in [0.3, 0.4) is 0 Å². The average molecular weight is 295 g/mol. The van der Waals surface area contributed by atoms with Gasteiger partial charge in [-0.05, 0) is 50.3 Å². The van der Waals surface area contributed by atoms with Crippen LogP contribution in [0.1, 0.15) is 62.6 Å². The van der Waals surface area contributed by atoms with E-state index in [9.17, 15) is 8.78 Å². The number of nitrogens with one attached hydrogen (secondary N) is 1. The molecule has 0 amide bonds. The Bertz CT molecular complexity index is 465. The molecule has 0 aliphatic heterocycles. The fourth-order valence-corrected chi connectivity index (χ4v) is 3.80. The van der Waals surface area contributed by atoms with Crippen LogP contribution < -0.4 is 5.32 Å². The van der Waals surface area contributed by atoms with Crippen molar-refractivity contribution in [2.75, 3.05) is 7.05 Å². The van der Waals surface area contributed by atoms with E-state index in [4.69, 9.17) is 0 Å². The molecule has 0 spiro atoms. The monoisotopic (exact) mass is 295 g/mol. The maximum absolute atomic E-state index is 14.4. The molecule has 21 heavy (non-hydrogen) atoms. The first-order valence-corrected chi connectivity index (χ1v) is 8.20. The normalized spacial score (nSPS) is 24.0. The largest absolute Gasteiger partial charge is 0.313 e. The molecular formula is C18H27F2N. The number of rotatable bonds is 5. The number of hydrogen-bond donors (Lipinski definition) is 1. The zero-order valence-corrected chi connectivity index (χ0v) is 13.4. The van der Waals surface area contributed by atoms with E-state index in [0.29, 0.717) is 11.5 Å². The van der Waals surface area contributed by atoms with Crippen LogP contribution in [0.5, 0.6) is 0 Å². The van der Waals surface area contributed by atoms with Crippen LogP contribution in [-0.4, -0.2) is 7.05 Å². The first-order valence-electron chi connectivity index (χ1n) is 8.20. The lowest BCUT2D eigenvalue weighted by molar-refractivity contribution is 0.214. The predicted octanol–water partition coefficient (Wildman–Crippen LogP) is 5.14. The van der Waals surface area contributed by atoms with E-state index in [1.165, 1.54) is 37.8 Å². The number of benzene rings is 1. The Morgan fingerprint density at radius 1 is 1.19 bits per heavy atom. The summed E-state index contributed by atoms with van der Waals surface area (Å²) < 4.78 is 28.5. The molecule has 0 bridgehead atoms. The van der Waals surface area contributed by atoms with Gasteiger partial charge in [-0.1, -0.05) is 38.7 Å². The molecule has 1 nitrogen and oxygen atoms in total. The highest BCUT2D eigenvalue weighted by Crippen LogP contribution is 2.39. The fraction of sp³-hybridized carbons (Fsp3) is 0.667. The molecule has 1 atom stereocenters. The van der Waals surface area contributed by atoms with Crippen molar-refractivity contribution in [3.63, 3.8) is 0 Å². The van der Waals surface area contributed by atoms with Gasteiger partial charge in [0.25, 0.3) is 0 Å². The zero-order chi connectivity index (χ0) is 15.4. The SMILES string of the molecule is CCCC1CCC(C(NC)c2c(F)ccc(C)c2F)CC1. The molecule has 2 rings (SSSR count). The highest BCUT2D eigenvalue weighted by atomic mass is 19.1. The van der Waals surface area contributed by atoms with Crippen LogP contribution in [0.25, 0.3) is 0 Å². The van der Waals surface area contributed by atoms with Gasteiger partial charge in [-0.3, -0.25) is 0 Å². The van der Waals surface area contributed by atoms with Crippen LogP contribution in [0.15, 0.2) is 12.1 Å². The minimum Gasteiger partial charge on any atom is -0.313 e. The van der Waals surface area contributed by atoms with E-state index in [-0.39, 0.29) is 17.4 Å². The smallest absolute Gasteiger partial charge is 0.133 e. The molecule has 0 aromatic heterocycles. The molecule has 1 saturated carbocycles. The quantitative estimate of drug-likeness (QED) is 0.793. The second-order valence-electron chi connectivity index (χ2n) is 6.43. The van der Waals surface area contributed by atoms with Gasteiger partial charge in [-0.25, -0.2) is 8.78 Å². The highest BCUT2D eigenvalue weighted by molar-refractivity contribution is 5.29. The Morgan fingerprint density at radius 2 is 1.86 bits per heavy atom. The molecule has 1 fully saturated rings. The van der Waals surface area contributed by atoms with E-state index >= 15 is 0 Å². The van der Waals surface area contributed by atoms with Crippen molar-refractivity contribution in [1.29, 1.82) is 0 Å². The molecule has 1 aromatic rings. The maximum atomic E-state index is 14.4. The molecule has 1 aliphatic rings. The van der Waals surface area contributed by atoms with Crippen molar-refractivity contribution < 1.29 is 8.78 Å². The lowest BCUT2D eigenvalue weighted by atomic mass is 9.75. The van der Waals surface area contributed by atoms with Gasteiger partial charge in [0.1, 0.15) is 11.6 Å². The topological polar surface area (TPSA) is 12.0 Å². The summed E-state index contributed by atoms with van der Waals surface area (Å²) in [6.07, 6.45) is 7.00. The Hall–Kier alpha value is -0.960. The molecule has 0 heterocycles. The van der Waals surface area contributed by atoms with E-state index in [1.54, 1.807) is 6.92 Å². The van der Waals surface area contributed by atoms with Crippen LogP contribution >= 0.6 is 0 Å². The average Bonchev–Trinajstić information content (AvgIpc) is 2.49. The zero-order valence-electron chi connectivity index (χ0n) is 13.4. The summed E-state index contributed by atoms with van der Waals surface area (Å²) in [5.74, 6) is 0.322. The molecule has 1 N–H and O–H groups in total. The van der Waals surface area contributed by atoms with E-state index < -0.39 is 5.82 Å². The third kappa shape index (κ3) is 3.63. The first kappa shape index (κ1) is 16.4.